The fraction of sp³-hybridized carbons (Fsp3) is 0.623. The standard InChI is InChI=1S/C49H69N5O9.C2H6O.C2H6/c1-11-23-62-47-33(9)44(59)39-38-37(47)34(55)18-13-12-16-29(5)46(63-36(57)25-35(56)50-10)32(8)43(58)31(7)24-28(4)15-14-17-30(6)48(61)51-42(45(39)60)41-40(38)52-49(53-41)19-21-54(22-20-49)26-27(2)3;1-3-2;1-2/h12-15,17,27-29,31-32,43,46,58-60H,11,16,18-26H2,1-10H3,(H,50,56)(H,51,61);1-2H3;1-2H3/b13-12+,15-14+,30-17-;;/t28-,29+,31+,32+,43+,46+;;/m0../s1. The van der Waals surface area contributed by atoms with Gasteiger partial charge in [-0.1, -0.05) is 92.7 Å². The van der Waals surface area contributed by atoms with Gasteiger partial charge in [-0.05, 0) is 56.8 Å². The maximum absolute atomic E-state index is 14.8. The molecule has 378 valence electrons. The lowest BCUT2D eigenvalue weighted by molar-refractivity contribution is -0.160. The molecule has 0 radical (unpaired) electrons. The van der Waals surface area contributed by atoms with Crippen LogP contribution in [0.4, 0.5) is 5.69 Å². The number of ketones is 1. The number of aromatic hydroxyl groups is 2. The minimum Gasteiger partial charge on any atom is -0.507 e. The number of esters is 1. The average Bonchev–Trinajstić information content (AvgIpc) is 3.67. The summed E-state index contributed by atoms with van der Waals surface area (Å²) in [5, 5.41) is 41.8. The van der Waals surface area contributed by atoms with Crippen molar-refractivity contribution in [2.24, 2.45) is 39.6 Å². The van der Waals surface area contributed by atoms with Crippen molar-refractivity contribution >= 4 is 40.0 Å². The average molecular weight is 948 g/mol. The molecule has 6 atom stereocenters. The largest absolute Gasteiger partial charge is 0.507 e. The second-order valence-corrected chi connectivity index (χ2v) is 18.9. The highest BCUT2D eigenvalue weighted by Crippen LogP contribution is 2.46. The van der Waals surface area contributed by atoms with Crippen LogP contribution < -0.4 is 26.1 Å². The van der Waals surface area contributed by atoms with Gasteiger partial charge < -0.3 is 45.1 Å². The molecule has 2 aromatic rings. The van der Waals surface area contributed by atoms with E-state index in [9.17, 15) is 34.5 Å². The molecular formula is C53H81N5O10. The number of carbonyl (C=O) groups is 4. The molecule has 3 aliphatic heterocycles. The zero-order chi connectivity index (χ0) is 51.0. The summed E-state index contributed by atoms with van der Waals surface area (Å²) in [6.45, 7) is 23.9. The molecule has 0 aromatic heterocycles. The second-order valence-electron chi connectivity index (χ2n) is 18.9. The molecule has 1 fully saturated rings. The van der Waals surface area contributed by atoms with Crippen LogP contribution in [0.3, 0.4) is 0 Å². The summed E-state index contributed by atoms with van der Waals surface area (Å²) in [5.74, 6) is -3.17. The molecule has 5 N–H and O–H groups in total. The molecule has 3 aliphatic rings. The Bertz CT molecular complexity index is 2300. The van der Waals surface area contributed by atoms with Crippen LogP contribution >= 0.6 is 0 Å². The Kier molecular flexibility index (Phi) is 22.4. The van der Waals surface area contributed by atoms with Gasteiger partial charge in [0, 0.05) is 82.6 Å². The predicted octanol–water partition coefficient (Wildman–Crippen LogP) is 7.65. The number of aliphatic hydroxyl groups excluding tert-OH is 1. The van der Waals surface area contributed by atoms with E-state index in [0.717, 1.165) is 19.6 Å². The molecule has 15 heteroatoms. The van der Waals surface area contributed by atoms with Crippen molar-refractivity contribution in [1.29, 1.82) is 0 Å². The first-order valence-corrected chi connectivity index (χ1v) is 24.5. The lowest BCUT2D eigenvalue weighted by Gasteiger charge is -2.36. The van der Waals surface area contributed by atoms with E-state index in [1.807, 2.05) is 60.6 Å². The van der Waals surface area contributed by atoms with Gasteiger partial charge in [0.05, 0.1) is 29.0 Å². The zero-order valence-corrected chi connectivity index (χ0v) is 43.2. The monoisotopic (exact) mass is 948 g/mol. The molecule has 3 heterocycles. The number of benzene rings is 2. The van der Waals surface area contributed by atoms with Crippen molar-refractivity contribution in [3.63, 3.8) is 0 Å². The minimum atomic E-state index is -0.922. The number of piperidine rings is 1. The number of phenolic OH excluding ortho intramolecular Hbond substituents is 2. The highest BCUT2D eigenvalue weighted by Gasteiger charge is 2.40. The SMILES string of the molecule is CC.CCCOc1c(C)c(O)c2c(O)c3c4c(c2c1C(=O)C/C=C/C[C@@H](C)[C@@H](OC(=O)CC(=O)NC)[C@H](C)[C@H](O)[C@H](C)C[C@@H](C)/C=C/C=C(/C)C(=O)N3)=NC1(CCN(CC(C)C)CC1)N=4.COC. The summed E-state index contributed by atoms with van der Waals surface area (Å²) in [5.41, 5.74) is -0.193. The van der Waals surface area contributed by atoms with E-state index in [4.69, 9.17) is 19.5 Å². The minimum absolute atomic E-state index is 0.00273. The fourth-order valence-corrected chi connectivity index (χ4v) is 9.13. The smallest absolute Gasteiger partial charge is 0.315 e. The van der Waals surface area contributed by atoms with Gasteiger partial charge in [-0.3, -0.25) is 29.2 Å². The Hall–Kier alpha value is -5.12. The summed E-state index contributed by atoms with van der Waals surface area (Å²) >= 11 is 0. The number of hydrogen-bond acceptors (Lipinski definition) is 13. The van der Waals surface area contributed by atoms with Crippen molar-refractivity contribution < 1.29 is 48.7 Å². The number of aliphatic hydroxyl groups is 1. The highest BCUT2D eigenvalue weighted by molar-refractivity contribution is 6.16. The van der Waals surface area contributed by atoms with E-state index in [0.29, 0.717) is 49.0 Å². The lowest BCUT2D eigenvalue weighted by Crippen LogP contribution is -2.43. The van der Waals surface area contributed by atoms with Crippen LogP contribution in [0.25, 0.3) is 10.8 Å². The van der Waals surface area contributed by atoms with Crippen LogP contribution in [0, 0.1) is 36.5 Å². The molecule has 1 spiro atoms. The van der Waals surface area contributed by atoms with Gasteiger partial charge in [-0.15, -0.1) is 0 Å². The van der Waals surface area contributed by atoms with E-state index in [2.05, 4.69) is 34.1 Å². The molecule has 2 amide bonds. The number of amides is 2. The number of nitrogens with zero attached hydrogens (tertiary/aromatic N) is 3. The number of Topliss-reactive ketones (excluding diaryl/α,β-unsaturated/α-hetero) is 1. The van der Waals surface area contributed by atoms with Crippen molar-refractivity contribution in [3.05, 3.63) is 57.8 Å². The van der Waals surface area contributed by atoms with Gasteiger partial charge >= 0.3 is 5.97 Å². The van der Waals surface area contributed by atoms with Crippen molar-refractivity contribution in [1.82, 2.24) is 10.2 Å². The Balaban J connectivity index is 0.00000235. The maximum atomic E-state index is 14.8. The number of carbonyl (C=O) groups excluding carboxylic acids is 4. The van der Waals surface area contributed by atoms with Gasteiger partial charge in [0.1, 0.15) is 35.1 Å². The van der Waals surface area contributed by atoms with E-state index in [1.165, 1.54) is 7.05 Å². The number of nitrogens with one attached hydrogen (secondary N) is 2. The van der Waals surface area contributed by atoms with Crippen molar-refractivity contribution in [3.8, 4) is 17.2 Å². The van der Waals surface area contributed by atoms with E-state index < -0.39 is 53.7 Å². The molecule has 68 heavy (non-hydrogen) atoms. The Labute approximate surface area is 404 Å². The maximum Gasteiger partial charge on any atom is 0.315 e. The number of hydrogen-bond donors (Lipinski definition) is 5. The summed E-state index contributed by atoms with van der Waals surface area (Å²) in [7, 11) is 4.69. The van der Waals surface area contributed by atoms with Gasteiger partial charge in [0.25, 0.3) is 5.91 Å². The number of likely N-dealkylation sites (tertiary alicyclic amines) is 1. The number of ether oxygens (including phenoxy) is 3. The number of rotatable bonds is 8. The first kappa shape index (κ1) is 57.2. The molecular weight excluding hydrogens is 867 g/mol. The molecule has 0 unspecified atom stereocenters. The number of phenols is 2. The Morgan fingerprint density at radius 1 is 0.971 bits per heavy atom. The predicted molar refractivity (Wildman–Crippen MR) is 268 cm³/mol. The Morgan fingerprint density at radius 2 is 1.60 bits per heavy atom. The van der Waals surface area contributed by atoms with Crippen molar-refractivity contribution in [2.75, 3.05) is 52.8 Å². The molecule has 2 bridgehead atoms. The third kappa shape index (κ3) is 14.2. The highest BCUT2D eigenvalue weighted by atomic mass is 16.5. The fourth-order valence-electron chi connectivity index (χ4n) is 9.13. The lowest BCUT2D eigenvalue weighted by atomic mass is 9.80. The third-order valence-electron chi connectivity index (χ3n) is 12.6. The number of allylic oxidation sites excluding steroid dienone is 5. The molecule has 0 aliphatic carbocycles. The molecule has 2 aromatic carbocycles. The number of anilines is 1. The first-order valence-electron chi connectivity index (χ1n) is 24.5. The quantitative estimate of drug-likeness (QED) is 0.0751. The summed E-state index contributed by atoms with van der Waals surface area (Å²) in [4.78, 5) is 66.6. The molecule has 0 saturated carbocycles. The first-order chi connectivity index (χ1) is 32.2. The summed E-state index contributed by atoms with van der Waals surface area (Å²) < 4.78 is 16.4. The van der Waals surface area contributed by atoms with Gasteiger partial charge in [-0.2, -0.15) is 0 Å². The summed E-state index contributed by atoms with van der Waals surface area (Å²) in [6.07, 6.45) is 9.50. The van der Waals surface area contributed by atoms with Crippen LogP contribution in [0.15, 0.2) is 45.9 Å². The van der Waals surface area contributed by atoms with Crippen LogP contribution in [0.2, 0.25) is 0 Å². The second kappa shape index (κ2) is 26.6. The summed E-state index contributed by atoms with van der Waals surface area (Å²) in [6, 6.07) is 0. The van der Waals surface area contributed by atoms with E-state index in [1.54, 1.807) is 46.3 Å². The van der Waals surface area contributed by atoms with Gasteiger partial charge in [-0.25, -0.2) is 0 Å². The van der Waals surface area contributed by atoms with Crippen LogP contribution in [-0.2, 0) is 23.9 Å². The topological polar surface area (TPSA) is 209 Å². The zero-order valence-electron chi connectivity index (χ0n) is 43.2. The van der Waals surface area contributed by atoms with Crippen LogP contribution in [0.5, 0.6) is 17.2 Å². The Morgan fingerprint density at radius 3 is 2.21 bits per heavy atom. The number of methoxy groups -OCH3 is 1. The van der Waals surface area contributed by atoms with E-state index in [-0.39, 0.29) is 81.0 Å². The third-order valence-corrected chi connectivity index (χ3v) is 12.6. The molecule has 5 rings (SSSR count). The van der Waals surface area contributed by atoms with Gasteiger partial charge in [0.2, 0.25) is 5.91 Å². The normalized spacial score (nSPS) is 25.0. The van der Waals surface area contributed by atoms with Gasteiger partial charge in [0.15, 0.2) is 17.2 Å². The molecule has 15 nitrogen and oxygen atoms in total. The van der Waals surface area contributed by atoms with Crippen molar-refractivity contribution in [2.45, 2.75) is 139 Å². The van der Waals surface area contributed by atoms with E-state index >= 15 is 0 Å². The molecule has 1 saturated heterocycles. The van der Waals surface area contributed by atoms with Crippen LogP contribution in [-0.4, -0.2) is 109 Å². The van der Waals surface area contributed by atoms with Crippen LogP contribution in [0.1, 0.15) is 130 Å².